The fourth-order valence-corrected chi connectivity index (χ4v) is 2.95. The van der Waals surface area contributed by atoms with Crippen molar-refractivity contribution in [2.24, 2.45) is 0 Å². The molecule has 1 heterocycles. The predicted molar refractivity (Wildman–Crippen MR) is 83.6 cm³/mol. The van der Waals surface area contributed by atoms with Crippen molar-refractivity contribution in [1.82, 2.24) is 10.5 Å². The normalized spacial score (nSPS) is 15.8. The second-order valence-corrected chi connectivity index (χ2v) is 5.91. The lowest BCUT2D eigenvalue weighted by atomic mass is 10.00. The van der Waals surface area contributed by atoms with Gasteiger partial charge in [-0.25, -0.2) is 0 Å². The second-order valence-electron chi connectivity index (χ2n) is 5.91. The Hall–Kier alpha value is -2.88. The van der Waals surface area contributed by atoms with E-state index in [-0.39, 0.29) is 6.42 Å². The summed E-state index contributed by atoms with van der Waals surface area (Å²) in [6, 6.07) is 9.36. The number of carbonyl (C=O) groups excluding carboxylic acids is 2. The Balaban J connectivity index is 1.52. The molecule has 1 amide bonds. The summed E-state index contributed by atoms with van der Waals surface area (Å²) in [5.74, 6) is -1.03. The molecule has 1 aliphatic rings. The molecule has 0 atom stereocenters. The molecule has 7 heteroatoms. The molecule has 24 heavy (non-hydrogen) atoms. The van der Waals surface area contributed by atoms with Gasteiger partial charge >= 0.3 is 5.97 Å². The Morgan fingerprint density at radius 1 is 1.33 bits per heavy atom. The van der Waals surface area contributed by atoms with Gasteiger partial charge in [-0.15, -0.1) is 0 Å². The number of carbonyl (C=O) groups is 2. The van der Waals surface area contributed by atoms with Gasteiger partial charge in [-0.05, 0) is 37.8 Å². The summed E-state index contributed by atoms with van der Waals surface area (Å²) >= 11 is 0. The molecule has 7 nitrogen and oxygen atoms in total. The van der Waals surface area contributed by atoms with E-state index < -0.39 is 24.0 Å². The molecule has 1 aliphatic carbocycles. The van der Waals surface area contributed by atoms with Crippen LogP contribution < -0.4 is 5.32 Å². The second kappa shape index (κ2) is 6.71. The summed E-state index contributed by atoms with van der Waals surface area (Å²) in [5, 5.41) is 16.5. The molecular formula is C17H17N3O4. The van der Waals surface area contributed by atoms with Gasteiger partial charge in [0.25, 0.3) is 5.91 Å². The summed E-state index contributed by atoms with van der Waals surface area (Å²) in [6.45, 7) is -0.405. The SMILES string of the molecule is N#CC1(NC(=O)COC(=O)Cc2noc3ccccc23)CCCC1. The van der Waals surface area contributed by atoms with E-state index in [2.05, 4.69) is 16.5 Å². The Morgan fingerprint density at radius 2 is 2.08 bits per heavy atom. The number of nitrogens with zero attached hydrogens (tertiary/aromatic N) is 2. The first kappa shape index (κ1) is 16.0. The molecule has 0 radical (unpaired) electrons. The first-order valence-corrected chi connectivity index (χ1v) is 7.83. The summed E-state index contributed by atoms with van der Waals surface area (Å²) in [5.41, 5.74) is 0.252. The Bertz CT molecular complexity index is 800. The summed E-state index contributed by atoms with van der Waals surface area (Å²) < 4.78 is 10.1. The zero-order valence-electron chi connectivity index (χ0n) is 13.1. The van der Waals surface area contributed by atoms with Gasteiger partial charge in [0.2, 0.25) is 0 Å². The average Bonchev–Trinajstić information content (AvgIpc) is 3.21. The molecule has 0 unspecified atom stereocenters. The van der Waals surface area contributed by atoms with E-state index in [1.54, 1.807) is 12.1 Å². The average molecular weight is 327 g/mol. The molecule has 0 spiro atoms. The van der Waals surface area contributed by atoms with Crippen LogP contribution in [0.5, 0.6) is 0 Å². The molecular weight excluding hydrogens is 310 g/mol. The minimum absolute atomic E-state index is 0.0757. The molecule has 0 bridgehead atoms. The van der Waals surface area contributed by atoms with Crippen LogP contribution in [0.2, 0.25) is 0 Å². The highest BCUT2D eigenvalue weighted by Crippen LogP contribution is 2.28. The third-order valence-electron chi connectivity index (χ3n) is 4.18. The van der Waals surface area contributed by atoms with Crippen LogP contribution in [0.25, 0.3) is 11.0 Å². The van der Waals surface area contributed by atoms with Crippen LogP contribution in [0.3, 0.4) is 0 Å². The summed E-state index contributed by atoms with van der Waals surface area (Å²) in [6.07, 6.45) is 3.01. The van der Waals surface area contributed by atoms with Crippen molar-refractivity contribution in [1.29, 1.82) is 5.26 Å². The zero-order chi connectivity index (χ0) is 17.0. The van der Waals surface area contributed by atoms with Crippen LogP contribution >= 0.6 is 0 Å². The number of benzene rings is 1. The lowest BCUT2D eigenvalue weighted by Crippen LogP contribution is -2.46. The van der Waals surface area contributed by atoms with Crippen molar-refractivity contribution in [3.63, 3.8) is 0 Å². The van der Waals surface area contributed by atoms with Crippen molar-refractivity contribution < 1.29 is 18.8 Å². The molecule has 1 N–H and O–H groups in total. The van der Waals surface area contributed by atoms with Crippen LogP contribution in [0.1, 0.15) is 31.4 Å². The largest absolute Gasteiger partial charge is 0.455 e. The topological polar surface area (TPSA) is 105 Å². The Labute approximate surface area is 138 Å². The number of aromatic nitrogens is 1. The number of esters is 1. The van der Waals surface area contributed by atoms with E-state index in [1.807, 2.05) is 12.1 Å². The Morgan fingerprint density at radius 3 is 2.83 bits per heavy atom. The lowest BCUT2D eigenvalue weighted by molar-refractivity contribution is -0.148. The molecule has 1 saturated carbocycles. The van der Waals surface area contributed by atoms with Crippen LogP contribution in [-0.4, -0.2) is 29.2 Å². The first-order chi connectivity index (χ1) is 11.6. The Kier molecular flexibility index (Phi) is 4.47. The van der Waals surface area contributed by atoms with Gasteiger partial charge in [0.15, 0.2) is 12.2 Å². The van der Waals surface area contributed by atoms with Crippen LogP contribution in [0, 0.1) is 11.3 Å². The van der Waals surface area contributed by atoms with Crippen molar-refractivity contribution in [2.75, 3.05) is 6.61 Å². The number of para-hydroxylation sites is 1. The third-order valence-corrected chi connectivity index (χ3v) is 4.18. The van der Waals surface area contributed by atoms with E-state index in [1.165, 1.54) is 0 Å². The number of rotatable bonds is 5. The maximum atomic E-state index is 11.9. The molecule has 1 fully saturated rings. The van der Waals surface area contributed by atoms with Gasteiger partial charge in [0.05, 0.1) is 12.5 Å². The monoisotopic (exact) mass is 327 g/mol. The van der Waals surface area contributed by atoms with E-state index in [4.69, 9.17) is 9.26 Å². The van der Waals surface area contributed by atoms with Crippen molar-refractivity contribution >= 4 is 22.8 Å². The van der Waals surface area contributed by atoms with Crippen LogP contribution in [0.4, 0.5) is 0 Å². The fraction of sp³-hybridized carbons (Fsp3) is 0.412. The minimum Gasteiger partial charge on any atom is -0.455 e. The number of nitrogens with one attached hydrogen (secondary N) is 1. The molecule has 124 valence electrons. The summed E-state index contributed by atoms with van der Waals surface area (Å²) in [4.78, 5) is 23.8. The van der Waals surface area contributed by atoms with Gasteiger partial charge in [0, 0.05) is 5.39 Å². The molecule has 2 aromatic rings. The highest BCUT2D eigenvalue weighted by Gasteiger charge is 2.35. The molecule has 0 saturated heterocycles. The number of amides is 1. The van der Waals surface area contributed by atoms with Gasteiger partial charge in [-0.1, -0.05) is 17.3 Å². The molecule has 1 aromatic carbocycles. The fourth-order valence-electron chi connectivity index (χ4n) is 2.95. The number of hydrogen-bond acceptors (Lipinski definition) is 6. The van der Waals surface area contributed by atoms with E-state index in [0.717, 1.165) is 18.2 Å². The van der Waals surface area contributed by atoms with Gasteiger partial charge in [0.1, 0.15) is 11.2 Å². The maximum absolute atomic E-state index is 11.9. The summed E-state index contributed by atoms with van der Waals surface area (Å²) in [7, 11) is 0. The number of fused-ring (bicyclic) bond motifs is 1. The number of hydrogen-bond donors (Lipinski definition) is 1. The zero-order valence-corrected chi connectivity index (χ0v) is 13.1. The molecule has 3 rings (SSSR count). The van der Waals surface area contributed by atoms with Crippen molar-refractivity contribution in [3.8, 4) is 6.07 Å². The standard InChI is InChI=1S/C17H17N3O4/c18-11-17(7-3-4-8-17)19-15(21)10-23-16(22)9-13-12-5-1-2-6-14(12)24-20-13/h1-2,5-6H,3-4,7-10H2,(H,19,21). The molecule has 0 aliphatic heterocycles. The van der Waals surface area contributed by atoms with Gasteiger partial charge in [-0.3, -0.25) is 9.59 Å². The smallest absolute Gasteiger partial charge is 0.312 e. The highest BCUT2D eigenvalue weighted by molar-refractivity contribution is 5.85. The van der Waals surface area contributed by atoms with Gasteiger partial charge < -0.3 is 14.6 Å². The van der Waals surface area contributed by atoms with E-state index >= 15 is 0 Å². The lowest BCUT2D eigenvalue weighted by Gasteiger charge is -2.21. The minimum atomic E-state index is -0.814. The van der Waals surface area contributed by atoms with Gasteiger partial charge in [-0.2, -0.15) is 5.26 Å². The van der Waals surface area contributed by atoms with E-state index in [9.17, 15) is 14.9 Å². The first-order valence-electron chi connectivity index (χ1n) is 7.83. The third kappa shape index (κ3) is 3.38. The number of ether oxygens (including phenoxy) is 1. The van der Waals surface area contributed by atoms with Crippen molar-refractivity contribution in [3.05, 3.63) is 30.0 Å². The maximum Gasteiger partial charge on any atom is 0.312 e. The van der Waals surface area contributed by atoms with Crippen LogP contribution in [-0.2, 0) is 20.7 Å². The van der Waals surface area contributed by atoms with Crippen molar-refractivity contribution in [2.45, 2.75) is 37.6 Å². The van der Waals surface area contributed by atoms with Crippen LogP contribution in [0.15, 0.2) is 28.8 Å². The highest BCUT2D eigenvalue weighted by atomic mass is 16.5. The molecule has 1 aromatic heterocycles. The van der Waals surface area contributed by atoms with E-state index in [0.29, 0.717) is 24.1 Å². The number of nitriles is 1. The quantitative estimate of drug-likeness (QED) is 0.840. The predicted octanol–water partition coefficient (Wildman–Crippen LogP) is 1.87.